The summed E-state index contributed by atoms with van der Waals surface area (Å²) in [4.78, 5) is 22.0. The first-order valence-electron chi connectivity index (χ1n) is 19.3. The van der Waals surface area contributed by atoms with Crippen LogP contribution in [-0.2, 0) is 16.0 Å². The molecule has 1 aromatic rings. The number of nitrogens with zero attached hydrogens (tertiary/aromatic N) is 3. The topological polar surface area (TPSA) is 145 Å². The van der Waals surface area contributed by atoms with Crippen LogP contribution in [-0.4, -0.2) is 109 Å². The number of aryl methyl sites for hydroxylation is 1. The first-order valence-corrected chi connectivity index (χ1v) is 19.3. The number of guanidine groups is 1. The summed E-state index contributed by atoms with van der Waals surface area (Å²) in [6, 6.07) is 5.47. The molecular weight excluding hydrogens is 620 g/mol. The van der Waals surface area contributed by atoms with Gasteiger partial charge in [0.15, 0.2) is 17.5 Å². The minimum Gasteiger partial charge on any atom is -0.504 e. The fraction of sp³-hybridized carbons (Fsp3) is 0.789. The molecule has 4 bridgehead atoms. The van der Waals surface area contributed by atoms with E-state index in [0.29, 0.717) is 67.7 Å². The molecule has 11 heteroatoms. The fourth-order valence-electron chi connectivity index (χ4n) is 8.71. The van der Waals surface area contributed by atoms with Crippen molar-refractivity contribution in [2.75, 3.05) is 59.0 Å². The number of hydrogen-bond donors (Lipinski definition) is 5. The van der Waals surface area contributed by atoms with E-state index in [-0.39, 0.29) is 17.8 Å². The van der Waals surface area contributed by atoms with Crippen molar-refractivity contribution < 1.29 is 24.5 Å². The van der Waals surface area contributed by atoms with Gasteiger partial charge in [0.05, 0.1) is 12.8 Å². The predicted molar refractivity (Wildman–Crippen MR) is 194 cm³/mol. The lowest BCUT2D eigenvalue weighted by Crippen LogP contribution is -2.53. The number of aliphatic hydroxyl groups is 1. The van der Waals surface area contributed by atoms with Gasteiger partial charge in [0.25, 0.3) is 0 Å². The Morgan fingerprint density at radius 2 is 1.80 bits per heavy atom. The Bertz CT molecular complexity index is 1180. The Hall–Kier alpha value is -2.60. The predicted octanol–water partition coefficient (Wildman–Crippen LogP) is 3.86. The summed E-state index contributed by atoms with van der Waals surface area (Å²) in [5.74, 6) is 3.07. The lowest BCUT2D eigenvalue weighted by atomic mass is 9.80. The Balaban J connectivity index is 1.20. The lowest BCUT2D eigenvalue weighted by Gasteiger charge is -2.46. The van der Waals surface area contributed by atoms with Crippen LogP contribution < -0.4 is 21.1 Å². The van der Waals surface area contributed by atoms with E-state index in [1.807, 2.05) is 12.1 Å². The molecule has 5 aliphatic heterocycles. The van der Waals surface area contributed by atoms with Crippen LogP contribution in [0.25, 0.3) is 0 Å². The summed E-state index contributed by atoms with van der Waals surface area (Å²) < 4.78 is 11.9. The van der Waals surface area contributed by atoms with Gasteiger partial charge in [0.1, 0.15) is 12.2 Å². The molecule has 0 radical (unpaired) electrons. The highest BCUT2D eigenvalue weighted by Crippen LogP contribution is 2.33. The molecule has 11 nitrogen and oxygen atoms in total. The van der Waals surface area contributed by atoms with Gasteiger partial charge in [-0.2, -0.15) is 0 Å². The monoisotopic (exact) mass is 684 g/mol. The second-order valence-corrected chi connectivity index (χ2v) is 15.4. The number of phenolic OH excluding ortho intramolecular Hbond substituents is 1. The number of carbonyl (C=O) groups excluding carboxylic acids is 1. The maximum atomic E-state index is 12.1. The second-order valence-electron chi connectivity index (χ2n) is 15.4. The van der Waals surface area contributed by atoms with E-state index >= 15 is 0 Å². The zero-order valence-corrected chi connectivity index (χ0v) is 30.2. The maximum Gasteiger partial charge on any atom is 0.302 e. The molecule has 276 valence electrons. The normalized spacial score (nSPS) is 29.1. The number of esters is 1. The molecule has 0 saturated carbocycles. The number of ether oxygens (including phenoxy) is 2. The Morgan fingerprint density at radius 3 is 2.53 bits per heavy atom. The lowest BCUT2D eigenvalue weighted by molar-refractivity contribution is -0.148. The zero-order chi connectivity index (χ0) is 34.6. The fourth-order valence-corrected chi connectivity index (χ4v) is 8.71. The third-order valence-electron chi connectivity index (χ3n) is 11.2. The molecular formula is C38H64N6O5. The summed E-state index contributed by atoms with van der Waals surface area (Å²) in [5, 5.41) is 28.6. The van der Waals surface area contributed by atoms with Crippen molar-refractivity contribution in [3.05, 3.63) is 23.8 Å². The highest BCUT2D eigenvalue weighted by molar-refractivity contribution is 5.77. The van der Waals surface area contributed by atoms with Crippen LogP contribution in [0.4, 0.5) is 0 Å². The van der Waals surface area contributed by atoms with Gasteiger partial charge < -0.3 is 41.0 Å². The number of hydrogen-bond acceptors (Lipinski definition) is 11. The van der Waals surface area contributed by atoms with Crippen molar-refractivity contribution in [1.29, 1.82) is 0 Å². The molecule has 8 atom stereocenters. The van der Waals surface area contributed by atoms with E-state index in [1.165, 1.54) is 39.0 Å². The van der Waals surface area contributed by atoms with E-state index in [2.05, 4.69) is 27.4 Å². The van der Waals surface area contributed by atoms with Gasteiger partial charge in [-0.1, -0.05) is 32.3 Å². The summed E-state index contributed by atoms with van der Waals surface area (Å²) in [5.41, 5.74) is 7.40. The molecule has 49 heavy (non-hydrogen) atoms. The molecule has 0 aliphatic carbocycles. The number of rotatable bonds is 15. The summed E-state index contributed by atoms with van der Waals surface area (Å²) >= 11 is 0. The summed E-state index contributed by atoms with van der Waals surface area (Å²) in [6.07, 6.45) is 10.2. The third-order valence-corrected chi connectivity index (χ3v) is 11.2. The number of benzene rings is 1. The molecule has 3 fully saturated rings. The van der Waals surface area contributed by atoms with Crippen LogP contribution in [0.2, 0.25) is 0 Å². The van der Waals surface area contributed by atoms with Gasteiger partial charge in [0.2, 0.25) is 0 Å². The van der Waals surface area contributed by atoms with E-state index in [9.17, 15) is 15.0 Å². The van der Waals surface area contributed by atoms with Crippen molar-refractivity contribution in [2.45, 2.75) is 109 Å². The molecule has 3 saturated heterocycles. The number of nitrogens with one attached hydrogen (secondary N) is 2. The number of aliphatic imine (C=N–C) groups is 1. The Morgan fingerprint density at radius 1 is 1.04 bits per heavy atom. The molecule has 6 rings (SSSR count). The van der Waals surface area contributed by atoms with Gasteiger partial charge in [0, 0.05) is 52.6 Å². The van der Waals surface area contributed by atoms with E-state index < -0.39 is 12.2 Å². The summed E-state index contributed by atoms with van der Waals surface area (Å²) in [7, 11) is 0. The zero-order valence-electron chi connectivity index (χ0n) is 30.2. The molecule has 0 spiro atoms. The van der Waals surface area contributed by atoms with Crippen LogP contribution in [0.1, 0.15) is 90.0 Å². The number of aromatic hydroxyl groups is 1. The number of unbranched alkanes of at least 4 members (excludes halogenated alkanes) is 2. The van der Waals surface area contributed by atoms with Crippen molar-refractivity contribution in [1.82, 2.24) is 20.4 Å². The Labute approximate surface area is 294 Å². The number of fused-ring (bicyclic) bond motifs is 6. The molecule has 5 heterocycles. The molecule has 6 N–H and O–H groups in total. The standard InChI is InChI=1S/C38H64N6O5/c1-3-4-5-6-32-25-43-21-29-17-30(22-43)24-44(23-29)26-42-38(39)41-20-31(32)9-10-33(46)19-35(48-27(2)45)11-7-28-8-12-36(47)37(18-28)49-34-13-15-40-16-14-34/h8,12,18,29-35,40,46-47H,3-7,9-11,13-17,19-26H2,1-2H3,(H3,39,41,42)/t29-,30+,31-,32-,33-,35+/m0/s1. The highest BCUT2D eigenvalue weighted by atomic mass is 16.5. The number of carbonyl (C=O) groups is 1. The average Bonchev–Trinajstić information content (AvgIpc) is 3.08. The number of nitrogens with two attached hydrogens (primary N) is 1. The quantitative estimate of drug-likeness (QED) is 0.137. The second kappa shape index (κ2) is 19.1. The van der Waals surface area contributed by atoms with Crippen LogP contribution in [0.15, 0.2) is 23.2 Å². The van der Waals surface area contributed by atoms with Crippen LogP contribution >= 0.6 is 0 Å². The van der Waals surface area contributed by atoms with E-state index in [4.69, 9.17) is 20.2 Å². The van der Waals surface area contributed by atoms with Gasteiger partial charge in [-0.25, -0.2) is 4.99 Å². The van der Waals surface area contributed by atoms with Gasteiger partial charge in [-0.15, -0.1) is 0 Å². The van der Waals surface area contributed by atoms with Crippen LogP contribution in [0.3, 0.4) is 0 Å². The first kappa shape index (κ1) is 37.7. The van der Waals surface area contributed by atoms with Crippen molar-refractivity contribution in [3.8, 4) is 11.5 Å². The Kier molecular flexibility index (Phi) is 14.7. The molecule has 5 aliphatic rings. The summed E-state index contributed by atoms with van der Waals surface area (Å²) in [6.45, 7) is 12.5. The number of phenols is 1. The van der Waals surface area contributed by atoms with Crippen LogP contribution in [0, 0.1) is 23.7 Å². The van der Waals surface area contributed by atoms with Gasteiger partial charge >= 0.3 is 5.97 Å². The van der Waals surface area contributed by atoms with Gasteiger partial charge in [-0.3, -0.25) is 9.69 Å². The number of piperidine rings is 3. The maximum absolute atomic E-state index is 12.1. The first-order chi connectivity index (χ1) is 23.7. The molecule has 2 unspecified atom stereocenters. The third kappa shape index (κ3) is 12.3. The largest absolute Gasteiger partial charge is 0.504 e. The van der Waals surface area contributed by atoms with Crippen LogP contribution in [0.5, 0.6) is 11.5 Å². The van der Waals surface area contributed by atoms with Crippen molar-refractivity contribution in [2.24, 2.45) is 34.4 Å². The average molecular weight is 685 g/mol. The molecule has 0 amide bonds. The minimum absolute atomic E-state index is 0.0851. The minimum atomic E-state index is -0.589. The number of aliphatic hydroxyl groups excluding tert-OH is 1. The van der Waals surface area contributed by atoms with E-state index in [0.717, 1.165) is 77.2 Å². The smallest absolute Gasteiger partial charge is 0.302 e. The van der Waals surface area contributed by atoms with Crippen molar-refractivity contribution in [3.63, 3.8) is 0 Å². The highest BCUT2D eigenvalue weighted by Gasteiger charge is 2.36. The molecule has 1 aromatic carbocycles. The van der Waals surface area contributed by atoms with Gasteiger partial charge in [-0.05, 0) is 106 Å². The SMILES string of the molecule is CCCCC[C@H]1CN2C[C@@H]3C[C@@H](CN(CN=C(N)NC[C@@H]1CC[C@H](O)C[C@@H](CCc1ccc(O)c(OC4CCNCC4)c1)OC(C)=O)C3)C2. The molecule has 0 aromatic heterocycles. The van der Waals surface area contributed by atoms with E-state index in [1.54, 1.807) is 6.07 Å². The van der Waals surface area contributed by atoms with Crippen molar-refractivity contribution >= 4 is 11.9 Å².